The van der Waals surface area contributed by atoms with Gasteiger partial charge in [-0.25, -0.2) is 0 Å². The van der Waals surface area contributed by atoms with Gasteiger partial charge in [-0.15, -0.1) is 0 Å². The van der Waals surface area contributed by atoms with Gasteiger partial charge < -0.3 is 0 Å². The van der Waals surface area contributed by atoms with Crippen LogP contribution in [0.15, 0.2) is 60.7 Å². The lowest BCUT2D eigenvalue weighted by atomic mass is 10.2. The third-order valence-corrected chi connectivity index (χ3v) is 11.7. The molecule has 26 heavy (non-hydrogen) atoms. The zero-order valence-electron chi connectivity index (χ0n) is 17.7. The van der Waals surface area contributed by atoms with Crippen molar-refractivity contribution in [2.45, 2.75) is 70.9 Å². The van der Waals surface area contributed by atoms with E-state index < -0.39 is 0 Å². The smallest absolute Gasteiger partial charge is 0.0154 e. The fraction of sp³-hybridized carbons (Fsp3) is 0.500. The fourth-order valence-electron chi connectivity index (χ4n) is 3.96. The highest BCUT2D eigenvalue weighted by atomic mass is 31.1. The standard InChI is InChI=1S/C24H36P2/c1-20(18-19-25(23(2,3)4)24(5,6)7)26(21-14-10-8-11-15-21)22-16-12-9-13-17-22/h8-17,20H,18-19H2,1-7H3/t20-/m1/s1. The van der Waals surface area contributed by atoms with E-state index in [-0.39, 0.29) is 15.8 Å². The van der Waals surface area contributed by atoms with Crippen molar-refractivity contribution in [1.82, 2.24) is 0 Å². The van der Waals surface area contributed by atoms with Gasteiger partial charge in [-0.2, -0.15) is 0 Å². The molecule has 0 radical (unpaired) electrons. The Morgan fingerprint density at radius 1 is 0.692 bits per heavy atom. The molecule has 0 aromatic heterocycles. The lowest BCUT2D eigenvalue weighted by Gasteiger charge is -2.42. The lowest BCUT2D eigenvalue weighted by Crippen LogP contribution is -2.28. The first kappa shape index (κ1) is 21.6. The summed E-state index contributed by atoms with van der Waals surface area (Å²) in [4.78, 5) is 0. The number of hydrogen-bond acceptors (Lipinski definition) is 0. The van der Waals surface area contributed by atoms with Gasteiger partial charge in [0.2, 0.25) is 0 Å². The van der Waals surface area contributed by atoms with Gasteiger partial charge in [0.05, 0.1) is 0 Å². The van der Waals surface area contributed by atoms with Crippen molar-refractivity contribution in [3.63, 3.8) is 0 Å². The van der Waals surface area contributed by atoms with E-state index in [9.17, 15) is 0 Å². The van der Waals surface area contributed by atoms with Crippen LogP contribution in [0.1, 0.15) is 54.9 Å². The van der Waals surface area contributed by atoms with Gasteiger partial charge in [-0.3, -0.25) is 0 Å². The maximum absolute atomic E-state index is 2.48. The average molecular weight is 386 g/mol. The summed E-state index contributed by atoms with van der Waals surface area (Å²) in [6.07, 6.45) is 2.68. The Balaban J connectivity index is 2.24. The van der Waals surface area contributed by atoms with Crippen LogP contribution in [0.2, 0.25) is 0 Å². The molecule has 2 aromatic carbocycles. The first-order chi connectivity index (χ1) is 12.1. The quantitative estimate of drug-likeness (QED) is 0.470. The molecule has 0 unspecified atom stereocenters. The van der Waals surface area contributed by atoms with Gasteiger partial charge >= 0.3 is 0 Å². The van der Waals surface area contributed by atoms with Crippen molar-refractivity contribution >= 4 is 26.5 Å². The third kappa shape index (κ3) is 5.90. The van der Waals surface area contributed by atoms with E-state index in [1.165, 1.54) is 23.2 Å². The zero-order chi connectivity index (χ0) is 19.4. The molecule has 0 amide bonds. The molecule has 0 fully saturated rings. The number of rotatable bonds is 6. The Hall–Kier alpha value is -0.700. The molecule has 0 aliphatic carbocycles. The van der Waals surface area contributed by atoms with E-state index in [4.69, 9.17) is 0 Å². The van der Waals surface area contributed by atoms with Crippen molar-refractivity contribution in [2.24, 2.45) is 0 Å². The van der Waals surface area contributed by atoms with E-state index in [0.29, 0.717) is 16.0 Å². The zero-order valence-corrected chi connectivity index (χ0v) is 19.4. The van der Waals surface area contributed by atoms with Crippen LogP contribution in [0.5, 0.6) is 0 Å². The summed E-state index contributed by atoms with van der Waals surface area (Å²) in [6, 6.07) is 22.3. The summed E-state index contributed by atoms with van der Waals surface area (Å²) in [5, 5.41) is 3.85. The number of benzene rings is 2. The molecule has 0 spiro atoms. The Morgan fingerprint density at radius 2 is 1.08 bits per heavy atom. The lowest BCUT2D eigenvalue weighted by molar-refractivity contribution is 0.697. The molecule has 2 rings (SSSR count). The summed E-state index contributed by atoms with van der Waals surface area (Å²) >= 11 is 0. The van der Waals surface area contributed by atoms with Gasteiger partial charge in [0.15, 0.2) is 0 Å². The fourth-order valence-corrected chi connectivity index (χ4v) is 10.9. The molecule has 0 aliphatic heterocycles. The molecule has 0 nitrogen and oxygen atoms in total. The molecule has 0 saturated heterocycles. The summed E-state index contributed by atoms with van der Waals surface area (Å²) in [7, 11) is -0.332. The highest BCUT2D eigenvalue weighted by Gasteiger charge is 2.34. The monoisotopic (exact) mass is 386 g/mol. The molecule has 2 heteroatoms. The van der Waals surface area contributed by atoms with Crippen LogP contribution < -0.4 is 10.6 Å². The van der Waals surface area contributed by atoms with Gasteiger partial charge in [0, 0.05) is 0 Å². The van der Waals surface area contributed by atoms with Crippen molar-refractivity contribution in [2.75, 3.05) is 6.16 Å². The van der Waals surface area contributed by atoms with Crippen molar-refractivity contribution in [3.05, 3.63) is 60.7 Å². The summed E-state index contributed by atoms with van der Waals surface area (Å²) in [5.41, 5.74) is 0.699. The van der Waals surface area contributed by atoms with E-state index >= 15 is 0 Å². The summed E-state index contributed by atoms with van der Waals surface area (Å²) < 4.78 is 0. The predicted octanol–water partition coefficient (Wildman–Crippen LogP) is 6.98. The Morgan fingerprint density at radius 3 is 1.42 bits per heavy atom. The van der Waals surface area contributed by atoms with Crippen LogP contribution in [0.25, 0.3) is 0 Å². The SMILES string of the molecule is C[C@H](CCP(C(C)(C)C)C(C)(C)C)P(c1ccccc1)c1ccccc1. The maximum Gasteiger partial charge on any atom is -0.0154 e. The first-order valence-corrected chi connectivity index (χ1v) is 12.7. The minimum Gasteiger partial charge on any atom is -0.0956 e. The highest BCUT2D eigenvalue weighted by molar-refractivity contribution is 7.73. The van der Waals surface area contributed by atoms with Crippen molar-refractivity contribution in [1.29, 1.82) is 0 Å². The van der Waals surface area contributed by atoms with E-state index in [1.54, 1.807) is 0 Å². The molecule has 0 aliphatic rings. The van der Waals surface area contributed by atoms with Crippen LogP contribution in [0, 0.1) is 0 Å². The second kappa shape index (κ2) is 8.99. The van der Waals surface area contributed by atoms with E-state index in [2.05, 4.69) is 109 Å². The van der Waals surface area contributed by atoms with Gasteiger partial charge in [-0.1, -0.05) is 117 Å². The molecule has 0 N–H and O–H groups in total. The normalized spacial score (nSPS) is 14.0. The van der Waals surface area contributed by atoms with Gasteiger partial charge in [-0.05, 0) is 47.1 Å². The van der Waals surface area contributed by atoms with Crippen molar-refractivity contribution in [3.8, 4) is 0 Å². The Kier molecular flexibility index (Phi) is 7.47. The minimum atomic E-state index is -0.304. The predicted molar refractivity (Wildman–Crippen MR) is 124 cm³/mol. The minimum absolute atomic E-state index is 0.0275. The third-order valence-electron chi connectivity index (χ3n) is 4.90. The molecule has 142 valence electrons. The largest absolute Gasteiger partial charge is 0.0956 e. The summed E-state index contributed by atoms with van der Waals surface area (Å²) in [5.74, 6) is 0. The molecule has 0 bridgehead atoms. The molecule has 0 heterocycles. The van der Waals surface area contributed by atoms with Crippen LogP contribution >= 0.6 is 15.8 Å². The molecular formula is C24H36P2. The second-order valence-corrected chi connectivity index (χ2v) is 15.8. The van der Waals surface area contributed by atoms with Crippen LogP contribution in [-0.4, -0.2) is 22.1 Å². The topological polar surface area (TPSA) is 0 Å². The maximum atomic E-state index is 2.48. The average Bonchev–Trinajstić information content (AvgIpc) is 2.54. The van der Waals surface area contributed by atoms with E-state index in [1.807, 2.05) is 0 Å². The van der Waals surface area contributed by atoms with Crippen LogP contribution in [0.4, 0.5) is 0 Å². The van der Waals surface area contributed by atoms with E-state index in [0.717, 1.165) is 0 Å². The van der Waals surface area contributed by atoms with Gasteiger partial charge in [0.25, 0.3) is 0 Å². The number of hydrogen-bond donors (Lipinski definition) is 0. The van der Waals surface area contributed by atoms with Crippen molar-refractivity contribution < 1.29 is 0 Å². The molecule has 1 atom stereocenters. The van der Waals surface area contributed by atoms with Crippen LogP contribution in [0.3, 0.4) is 0 Å². The first-order valence-electron chi connectivity index (χ1n) is 9.78. The van der Waals surface area contributed by atoms with Gasteiger partial charge in [0.1, 0.15) is 0 Å². The Bertz CT molecular complexity index is 597. The summed E-state index contributed by atoms with van der Waals surface area (Å²) in [6.45, 7) is 17.1. The Labute approximate surface area is 164 Å². The highest BCUT2D eigenvalue weighted by Crippen LogP contribution is 2.60. The van der Waals surface area contributed by atoms with Crippen LogP contribution in [-0.2, 0) is 0 Å². The second-order valence-electron chi connectivity index (χ2n) is 9.17. The molecular weight excluding hydrogens is 350 g/mol. The molecule has 2 aromatic rings. The molecule has 0 saturated carbocycles.